The molecule has 0 aromatic heterocycles. The number of hydrogen-bond acceptors (Lipinski definition) is 4. The van der Waals surface area contributed by atoms with Crippen LogP contribution in [-0.4, -0.2) is 39.0 Å². The number of sulfone groups is 1. The Bertz CT molecular complexity index is 612. The first-order valence-electron chi connectivity index (χ1n) is 7.68. The molecule has 0 radical (unpaired) electrons. The fourth-order valence-electron chi connectivity index (χ4n) is 2.63. The minimum Gasteiger partial charge on any atom is -0.494 e. The van der Waals surface area contributed by atoms with Crippen molar-refractivity contribution in [2.24, 2.45) is 5.92 Å². The van der Waals surface area contributed by atoms with E-state index in [4.69, 9.17) is 4.74 Å². The van der Waals surface area contributed by atoms with Gasteiger partial charge in [-0.05, 0) is 37.3 Å². The Labute approximate surface area is 132 Å². The third-order valence-corrected chi connectivity index (χ3v) is 5.65. The SMILES string of the molecule is CCOc1ccccc1CCC(=O)NCC1CCS(=O)(=O)C1. The molecule has 22 heavy (non-hydrogen) atoms. The first-order chi connectivity index (χ1) is 10.5. The van der Waals surface area contributed by atoms with Crippen LogP contribution in [0, 0.1) is 5.92 Å². The van der Waals surface area contributed by atoms with E-state index in [9.17, 15) is 13.2 Å². The van der Waals surface area contributed by atoms with Crippen molar-refractivity contribution in [1.29, 1.82) is 0 Å². The second kappa shape index (κ2) is 7.63. The molecule has 0 bridgehead atoms. The maximum Gasteiger partial charge on any atom is 0.220 e. The zero-order valence-corrected chi connectivity index (χ0v) is 13.7. The Morgan fingerprint density at radius 3 is 2.82 bits per heavy atom. The summed E-state index contributed by atoms with van der Waals surface area (Å²) in [4.78, 5) is 11.9. The average Bonchev–Trinajstić information content (AvgIpc) is 2.84. The van der Waals surface area contributed by atoms with Crippen molar-refractivity contribution in [2.45, 2.75) is 26.2 Å². The maximum atomic E-state index is 11.9. The lowest BCUT2D eigenvalue weighted by atomic mass is 10.1. The van der Waals surface area contributed by atoms with Crippen LogP contribution >= 0.6 is 0 Å². The topological polar surface area (TPSA) is 72.5 Å². The predicted octanol–water partition coefficient (Wildman–Crippen LogP) is 1.57. The molecular weight excluding hydrogens is 302 g/mol. The molecule has 1 aromatic carbocycles. The molecule has 1 saturated heterocycles. The molecule has 1 N–H and O–H groups in total. The second-order valence-electron chi connectivity index (χ2n) is 5.61. The Kier molecular flexibility index (Phi) is 5.83. The molecule has 1 aliphatic heterocycles. The van der Waals surface area contributed by atoms with Crippen LogP contribution in [0.4, 0.5) is 0 Å². The van der Waals surface area contributed by atoms with Crippen LogP contribution in [-0.2, 0) is 21.1 Å². The maximum absolute atomic E-state index is 11.9. The number of hydrogen-bond donors (Lipinski definition) is 1. The first kappa shape index (κ1) is 16.8. The quantitative estimate of drug-likeness (QED) is 0.826. The van der Waals surface area contributed by atoms with Gasteiger partial charge in [0.05, 0.1) is 18.1 Å². The van der Waals surface area contributed by atoms with E-state index in [1.54, 1.807) is 0 Å². The molecule has 2 rings (SSSR count). The van der Waals surface area contributed by atoms with Crippen molar-refractivity contribution >= 4 is 15.7 Å². The standard InChI is InChI=1S/C16H23NO4S/c1-2-21-15-6-4-3-5-14(15)7-8-16(18)17-11-13-9-10-22(19,20)12-13/h3-6,13H,2,7-12H2,1H3,(H,17,18). The van der Waals surface area contributed by atoms with Crippen LogP contribution in [0.3, 0.4) is 0 Å². The summed E-state index contributed by atoms with van der Waals surface area (Å²) in [7, 11) is -2.88. The van der Waals surface area contributed by atoms with Crippen LogP contribution in [0.25, 0.3) is 0 Å². The van der Waals surface area contributed by atoms with E-state index >= 15 is 0 Å². The van der Waals surface area contributed by atoms with Gasteiger partial charge in [0, 0.05) is 13.0 Å². The number of carbonyl (C=O) groups is 1. The van der Waals surface area contributed by atoms with Gasteiger partial charge in [0.15, 0.2) is 9.84 Å². The van der Waals surface area contributed by atoms with Crippen LogP contribution in [0.1, 0.15) is 25.3 Å². The zero-order valence-electron chi connectivity index (χ0n) is 12.9. The molecular formula is C16H23NO4S. The highest BCUT2D eigenvalue weighted by Crippen LogP contribution is 2.20. The Balaban J connectivity index is 1.76. The lowest BCUT2D eigenvalue weighted by molar-refractivity contribution is -0.121. The van der Waals surface area contributed by atoms with Gasteiger partial charge in [-0.2, -0.15) is 0 Å². The summed E-state index contributed by atoms with van der Waals surface area (Å²) < 4.78 is 28.3. The number of carbonyl (C=O) groups excluding carboxylic acids is 1. The van der Waals surface area contributed by atoms with E-state index in [1.165, 1.54) is 0 Å². The van der Waals surface area contributed by atoms with Gasteiger partial charge in [0.25, 0.3) is 0 Å². The molecule has 6 heteroatoms. The number of amides is 1. The second-order valence-corrected chi connectivity index (χ2v) is 7.84. The van der Waals surface area contributed by atoms with Crippen molar-refractivity contribution in [1.82, 2.24) is 5.32 Å². The summed E-state index contributed by atoms with van der Waals surface area (Å²) >= 11 is 0. The highest BCUT2D eigenvalue weighted by molar-refractivity contribution is 7.91. The Hall–Kier alpha value is -1.56. The Morgan fingerprint density at radius 2 is 2.14 bits per heavy atom. The molecule has 0 spiro atoms. The van der Waals surface area contributed by atoms with E-state index in [2.05, 4.69) is 5.32 Å². The van der Waals surface area contributed by atoms with Crippen molar-refractivity contribution in [3.05, 3.63) is 29.8 Å². The number of ether oxygens (including phenoxy) is 1. The summed E-state index contributed by atoms with van der Waals surface area (Å²) in [6.07, 6.45) is 1.64. The lowest BCUT2D eigenvalue weighted by Gasteiger charge is -2.11. The summed E-state index contributed by atoms with van der Waals surface area (Å²) in [5.41, 5.74) is 1.02. The van der Waals surface area contributed by atoms with Crippen LogP contribution in [0.2, 0.25) is 0 Å². The minimum absolute atomic E-state index is 0.0457. The van der Waals surface area contributed by atoms with Crippen molar-refractivity contribution in [2.75, 3.05) is 24.7 Å². The van der Waals surface area contributed by atoms with Gasteiger partial charge in [0.2, 0.25) is 5.91 Å². The summed E-state index contributed by atoms with van der Waals surface area (Å²) in [5, 5.41) is 2.84. The molecule has 1 unspecified atom stereocenters. The average molecular weight is 325 g/mol. The summed E-state index contributed by atoms with van der Waals surface area (Å²) in [6, 6.07) is 7.70. The third kappa shape index (κ3) is 5.02. The normalized spacial score (nSPS) is 19.8. The fraction of sp³-hybridized carbons (Fsp3) is 0.562. The molecule has 1 amide bonds. The molecule has 0 aliphatic carbocycles. The predicted molar refractivity (Wildman–Crippen MR) is 85.7 cm³/mol. The van der Waals surface area contributed by atoms with Crippen molar-refractivity contribution in [3.8, 4) is 5.75 Å². The van der Waals surface area contributed by atoms with Crippen LogP contribution in [0.5, 0.6) is 5.75 Å². The van der Waals surface area contributed by atoms with E-state index in [-0.39, 0.29) is 23.3 Å². The summed E-state index contributed by atoms with van der Waals surface area (Å²) in [5.74, 6) is 1.27. The third-order valence-electron chi connectivity index (χ3n) is 3.81. The number of rotatable bonds is 7. The van der Waals surface area contributed by atoms with Gasteiger partial charge in [0.1, 0.15) is 5.75 Å². The lowest BCUT2D eigenvalue weighted by Crippen LogP contribution is -2.30. The van der Waals surface area contributed by atoms with Gasteiger partial charge >= 0.3 is 0 Å². The van der Waals surface area contributed by atoms with Gasteiger partial charge in [-0.15, -0.1) is 0 Å². The highest BCUT2D eigenvalue weighted by Gasteiger charge is 2.27. The van der Waals surface area contributed by atoms with E-state index in [1.807, 2.05) is 31.2 Å². The first-order valence-corrected chi connectivity index (χ1v) is 9.50. The summed E-state index contributed by atoms with van der Waals surface area (Å²) in [6.45, 7) is 2.98. The zero-order chi connectivity index (χ0) is 16.0. The smallest absolute Gasteiger partial charge is 0.220 e. The molecule has 5 nitrogen and oxygen atoms in total. The molecule has 122 valence electrons. The van der Waals surface area contributed by atoms with E-state index in [0.717, 1.165) is 11.3 Å². The molecule has 1 fully saturated rings. The van der Waals surface area contributed by atoms with E-state index < -0.39 is 9.84 Å². The largest absolute Gasteiger partial charge is 0.494 e. The van der Waals surface area contributed by atoms with Gasteiger partial charge < -0.3 is 10.1 Å². The molecule has 1 heterocycles. The van der Waals surface area contributed by atoms with Crippen molar-refractivity contribution in [3.63, 3.8) is 0 Å². The fourth-order valence-corrected chi connectivity index (χ4v) is 4.50. The number of para-hydroxylation sites is 1. The van der Waals surface area contributed by atoms with Crippen LogP contribution < -0.4 is 10.1 Å². The monoisotopic (exact) mass is 325 g/mol. The van der Waals surface area contributed by atoms with Gasteiger partial charge in [-0.1, -0.05) is 18.2 Å². The van der Waals surface area contributed by atoms with Gasteiger partial charge in [-0.3, -0.25) is 4.79 Å². The number of nitrogens with one attached hydrogen (secondary N) is 1. The molecule has 0 saturated carbocycles. The number of benzene rings is 1. The molecule has 1 aliphatic rings. The van der Waals surface area contributed by atoms with Crippen LogP contribution in [0.15, 0.2) is 24.3 Å². The van der Waals surface area contributed by atoms with Crippen molar-refractivity contribution < 1.29 is 17.9 Å². The molecule has 1 atom stereocenters. The highest BCUT2D eigenvalue weighted by atomic mass is 32.2. The van der Waals surface area contributed by atoms with E-state index in [0.29, 0.717) is 32.4 Å². The van der Waals surface area contributed by atoms with Gasteiger partial charge in [-0.25, -0.2) is 8.42 Å². The Morgan fingerprint density at radius 1 is 1.36 bits per heavy atom. The minimum atomic E-state index is -2.88. The molecule has 1 aromatic rings. The number of aryl methyl sites for hydroxylation is 1.